The summed E-state index contributed by atoms with van der Waals surface area (Å²) in [5.41, 5.74) is 1.16. The molecule has 0 fully saturated rings. The Balaban J connectivity index is 2.71. The Morgan fingerprint density at radius 1 is 1.60 bits per heavy atom. The molecule has 1 aromatic heterocycles. The highest BCUT2D eigenvalue weighted by molar-refractivity contribution is 7.10. The van der Waals surface area contributed by atoms with Crippen LogP contribution in [-0.4, -0.2) is 23.6 Å². The zero-order chi connectivity index (χ0) is 11.5. The van der Waals surface area contributed by atoms with Gasteiger partial charge in [-0.1, -0.05) is 0 Å². The summed E-state index contributed by atoms with van der Waals surface area (Å²) in [4.78, 5) is 0. The van der Waals surface area contributed by atoms with Gasteiger partial charge < -0.3 is 10.1 Å². The number of ether oxygens (including phenoxy) is 1. The van der Waals surface area contributed by atoms with Crippen LogP contribution in [0.25, 0.3) is 0 Å². The van der Waals surface area contributed by atoms with Crippen molar-refractivity contribution in [1.82, 2.24) is 4.37 Å². The molecule has 0 spiro atoms. The molecule has 0 aliphatic carbocycles. The number of aromatic nitrogens is 1. The summed E-state index contributed by atoms with van der Waals surface area (Å²) in [5.74, 6) is 0. The summed E-state index contributed by atoms with van der Waals surface area (Å²) in [6.45, 7) is 6.46. The third-order valence-corrected chi connectivity index (χ3v) is 3.10. The van der Waals surface area contributed by atoms with Gasteiger partial charge in [0, 0.05) is 13.7 Å². The van der Waals surface area contributed by atoms with Crippen LogP contribution in [0.4, 0.5) is 5.00 Å². The minimum Gasteiger partial charge on any atom is -0.377 e. The van der Waals surface area contributed by atoms with E-state index in [0.717, 1.165) is 10.7 Å². The van der Waals surface area contributed by atoms with Gasteiger partial charge in [-0.2, -0.15) is 9.64 Å². The van der Waals surface area contributed by atoms with Gasteiger partial charge in [0.2, 0.25) is 0 Å². The van der Waals surface area contributed by atoms with Crippen LogP contribution in [0.2, 0.25) is 0 Å². The molecule has 0 saturated heterocycles. The lowest BCUT2D eigenvalue weighted by molar-refractivity contribution is 0.0344. The van der Waals surface area contributed by atoms with Crippen molar-refractivity contribution in [3.8, 4) is 6.07 Å². The van der Waals surface area contributed by atoms with Gasteiger partial charge in [0.15, 0.2) is 0 Å². The highest BCUT2D eigenvalue weighted by Gasteiger charge is 2.18. The van der Waals surface area contributed by atoms with E-state index in [9.17, 15) is 0 Å². The summed E-state index contributed by atoms with van der Waals surface area (Å²) in [5, 5.41) is 12.9. The largest absolute Gasteiger partial charge is 0.377 e. The van der Waals surface area contributed by atoms with Crippen LogP contribution in [0.1, 0.15) is 25.1 Å². The SMILES string of the molecule is COC(C)(C)CNc1snc(C)c1C#N. The standard InChI is InChI=1S/C10H15N3OS/c1-7-8(5-11)9(15-13-7)12-6-10(2,3)14-4/h12H,6H2,1-4H3. The molecule has 0 bridgehead atoms. The summed E-state index contributed by atoms with van der Waals surface area (Å²) in [6.07, 6.45) is 0. The maximum atomic E-state index is 8.92. The molecule has 82 valence electrons. The first kappa shape index (κ1) is 12.0. The molecule has 0 aromatic carbocycles. The van der Waals surface area contributed by atoms with Crippen LogP contribution in [0.3, 0.4) is 0 Å². The van der Waals surface area contributed by atoms with E-state index in [-0.39, 0.29) is 5.60 Å². The third kappa shape index (κ3) is 2.91. The van der Waals surface area contributed by atoms with Crippen molar-refractivity contribution in [2.24, 2.45) is 0 Å². The van der Waals surface area contributed by atoms with E-state index in [2.05, 4.69) is 15.8 Å². The Morgan fingerprint density at radius 2 is 2.27 bits per heavy atom. The van der Waals surface area contributed by atoms with E-state index in [4.69, 9.17) is 10.00 Å². The van der Waals surface area contributed by atoms with Crippen LogP contribution < -0.4 is 5.32 Å². The molecule has 1 aromatic rings. The molecular weight excluding hydrogens is 210 g/mol. The number of nitriles is 1. The molecule has 1 N–H and O–H groups in total. The highest BCUT2D eigenvalue weighted by Crippen LogP contribution is 2.24. The van der Waals surface area contributed by atoms with Crippen LogP contribution in [0.5, 0.6) is 0 Å². The van der Waals surface area contributed by atoms with Gasteiger partial charge in [0.1, 0.15) is 16.6 Å². The van der Waals surface area contributed by atoms with Gasteiger partial charge in [-0.3, -0.25) is 0 Å². The van der Waals surface area contributed by atoms with E-state index >= 15 is 0 Å². The minimum atomic E-state index is -0.245. The molecule has 15 heavy (non-hydrogen) atoms. The second kappa shape index (κ2) is 4.60. The van der Waals surface area contributed by atoms with E-state index in [1.807, 2.05) is 20.8 Å². The first-order valence-electron chi connectivity index (χ1n) is 4.65. The Labute approximate surface area is 94.0 Å². The average Bonchev–Trinajstić information content (AvgIpc) is 2.56. The van der Waals surface area contributed by atoms with Gasteiger partial charge in [-0.05, 0) is 32.3 Å². The van der Waals surface area contributed by atoms with Crippen molar-refractivity contribution >= 4 is 16.5 Å². The van der Waals surface area contributed by atoms with E-state index in [1.165, 1.54) is 11.5 Å². The first-order chi connectivity index (χ1) is 7.00. The van der Waals surface area contributed by atoms with Crippen molar-refractivity contribution < 1.29 is 4.74 Å². The first-order valence-corrected chi connectivity index (χ1v) is 5.43. The number of hydrogen-bond acceptors (Lipinski definition) is 5. The lowest BCUT2D eigenvalue weighted by Gasteiger charge is -2.23. The Hall–Kier alpha value is -1.12. The summed E-state index contributed by atoms with van der Waals surface area (Å²) in [6, 6.07) is 2.14. The fourth-order valence-corrected chi connectivity index (χ4v) is 1.73. The predicted molar refractivity (Wildman–Crippen MR) is 61.1 cm³/mol. The summed E-state index contributed by atoms with van der Waals surface area (Å²) in [7, 11) is 1.67. The summed E-state index contributed by atoms with van der Waals surface area (Å²) >= 11 is 1.31. The lowest BCUT2D eigenvalue weighted by atomic mass is 10.1. The highest BCUT2D eigenvalue weighted by atomic mass is 32.1. The number of nitrogens with zero attached hydrogens (tertiary/aromatic N) is 2. The van der Waals surface area contributed by atoms with Crippen LogP contribution in [0.15, 0.2) is 0 Å². The molecular formula is C10H15N3OS. The molecule has 0 aliphatic rings. The Kier molecular flexibility index (Phi) is 3.66. The van der Waals surface area contributed by atoms with Crippen molar-refractivity contribution in [1.29, 1.82) is 5.26 Å². The lowest BCUT2D eigenvalue weighted by Crippen LogP contribution is -2.31. The number of rotatable bonds is 4. The number of methoxy groups -OCH3 is 1. The van der Waals surface area contributed by atoms with Gasteiger partial charge in [0.25, 0.3) is 0 Å². The van der Waals surface area contributed by atoms with Crippen molar-refractivity contribution in [2.45, 2.75) is 26.4 Å². The minimum absolute atomic E-state index is 0.245. The number of anilines is 1. The maximum absolute atomic E-state index is 8.92. The van der Waals surface area contributed by atoms with Gasteiger partial charge in [-0.15, -0.1) is 0 Å². The maximum Gasteiger partial charge on any atom is 0.127 e. The molecule has 0 atom stereocenters. The molecule has 0 aliphatic heterocycles. The molecule has 0 amide bonds. The predicted octanol–water partition coefficient (Wildman–Crippen LogP) is 2.16. The molecule has 4 nitrogen and oxygen atoms in total. The Bertz CT molecular complexity index is 379. The third-order valence-electron chi connectivity index (χ3n) is 2.20. The van der Waals surface area contributed by atoms with Gasteiger partial charge in [0.05, 0.1) is 11.3 Å². The van der Waals surface area contributed by atoms with E-state index < -0.39 is 0 Å². The summed E-state index contributed by atoms with van der Waals surface area (Å²) < 4.78 is 9.41. The normalized spacial score (nSPS) is 11.1. The van der Waals surface area contributed by atoms with Gasteiger partial charge in [-0.25, -0.2) is 0 Å². The molecule has 0 unspecified atom stereocenters. The van der Waals surface area contributed by atoms with Crippen molar-refractivity contribution in [2.75, 3.05) is 19.0 Å². The molecule has 1 rings (SSSR count). The Morgan fingerprint density at radius 3 is 2.80 bits per heavy atom. The van der Waals surface area contributed by atoms with E-state index in [1.54, 1.807) is 7.11 Å². The smallest absolute Gasteiger partial charge is 0.127 e. The number of aryl methyl sites for hydroxylation is 1. The molecule has 5 heteroatoms. The van der Waals surface area contributed by atoms with Crippen molar-refractivity contribution in [3.63, 3.8) is 0 Å². The second-order valence-electron chi connectivity index (χ2n) is 3.90. The zero-order valence-corrected chi connectivity index (χ0v) is 10.2. The van der Waals surface area contributed by atoms with Crippen LogP contribution in [-0.2, 0) is 4.74 Å². The quantitative estimate of drug-likeness (QED) is 0.853. The van der Waals surface area contributed by atoms with Crippen LogP contribution in [0, 0.1) is 18.3 Å². The zero-order valence-electron chi connectivity index (χ0n) is 9.42. The topological polar surface area (TPSA) is 57.9 Å². The fraction of sp³-hybridized carbons (Fsp3) is 0.600. The average molecular weight is 225 g/mol. The van der Waals surface area contributed by atoms with Crippen LogP contribution >= 0.6 is 11.5 Å². The molecule has 1 heterocycles. The van der Waals surface area contributed by atoms with Crippen molar-refractivity contribution in [3.05, 3.63) is 11.3 Å². The second-order valence-corrected chi connectivity index (χ2v) is 4.67. The number of nitrogens with one attached hydrogen (secondary N) is 1. The fourth-order valence-electron chi connectivity index (χ4n) is 0.987. The number of hydrogen-bond donors (Lipinski definition) is 1. The molecule has 0 radical (unpaired) electrons. The monoisotopic (exact) mass is 225 g/mol. The van der Waals surface area contributed by atoms with Gasteiger partial charge >= 0.3 is 0 Å². The van der Waals surface area contributed by atoms with E-state index in [0.29, 0.717) is 12.1 Å². The molecule has 0 saturated carbocycles.